The minimum absolute atomic E-state index is 0.192. The van der Waals surface area contributed by atoms with E-state index in [1.807, 2.05) is 0 Å². The SMILES string of the molecule is CC(=O)O.CC(=O)O.NCCNCC(O)O. The van der Waals surface area contributed by atoms with Gasteiger partial charge in [0.05, 0.1) is 0 Å². The van der Waals surface area contributed by atoms with Gasteiger partial charge in [-0.05, 0) is 0 Å². The van der Waals surface area contributed by atoms with Gasteiger partial charge in [-0.25, -0.2) is 0 Å². The van der Waals surface area contributed by atoms with Gasteiger partial charge in [-0.3, -0.25) is 9.59 Å². The van der Waals surface area contributed by atoms with Gasteiger partial charge in [-0.15, -0.1) is 0 Å². The normalized spacial score (nSPS) is 8.38. The fourth-order valence-electron chi connectivity index (χ4n) is 0.333. The number of hydrogen-bond donors (Lipinski definition) is 6. The summed E-state index contributed by atoms with van der Waals surface area (Å²) in [5, 5.41) is 34.0. The lowest BCUT2D eigenvalue weighted by molar-refractivity contribution is -0.135. The molecule has 0 aliphatic rings. The lowest BCUT2D eigenvalue weighted by atomic mass is 10.5. The molecular formula is C8H20N2O6. The number of carboxylic acid groups (broad SMARTS) is 2. The average molecular weight is 240 g/mol. The van der Waals surface area contributed by atoms with Crippen molar-refractivity contribution in [3.63, 3.8) is 0 Å². The Morgan fingerprint density at radius 2 is 1.50 bits per heavy atom. The van der Waals surface area contributed by atoms with E-state index in [4.69, 9.17) is 35.7 Å². The van der Waals surface area contributed by atoms with Crippen molar-refractivity contribution < 1.29 is 30.0 Å². The molecule has 0 saturated carbocycles. The predicted octanol–water partition coefficient (Wildman–Crippen LogP) is -1.97. The van der Waals surface area contributed by atoms with Crippen molar-refractivity contribution in [3.8, 4) is 0 Å². The van der Waals surface area contributed by atoms with Crippen LogP contribution in [0.15, 0.2) is 0 Å². The Morgan fingerprint density at radius 1 is 1.19 bits per heavy atom. The van der Waals surface area contributed by atoms with Crippen LogP contribution in [0.2, 0.25) is 0 Å². The Labute approximate surface area is 93.7 Å². The molecule has 0 atom stereocenters. The van der Waals surface area contributed by atoms with E-state index < -0.39 is 18.2 Å². The third-order valence-corrected chi connectivity index (χ3v) is 0.648. The molecule has 8 nitrogen and oxygen atoms in total. The minimum atomic E-state index is -1.26. The van der Waals surface area contributed by atoms with Gasteiger partial charge < -0.3 is 31.5 Å². The summed E-state index contributed by atoms with van der Waals surface area (Å²) in [5.41, 5.74) is 5.09. The molecule has 98 valence electrons. The number of rotatable bonds is 4. The van der Waals surface area contributed by atoms with Crippen molar-refractivity contribution >= 4 is 11.9 Å². The second-order valence-electron chi connectivity index (χ2n) is 2.51. The highest BCUT2D eigenvalue weighted by atomic mass is 16.5. The van der Waals surface area contributed by atoms with Crippen molar-refractivity contribution in [2.75, 3.05) is 19.6 Å². The molecule has 7 N–H and O–H groups in total. The summed E-state index contributed by atoms with van der Waals surface area (Å²) < 4.78 is 0. The number of aliphatic hydroxyl groups excluding tert-OH is 1. The summed E-state index contributed by atoms with van der Waals surface area (Å²) in [6.45, 7) is 3.50. The highest BCUT2D eigenvalue weighted by Crippen LogP contribution is 1.66. The second kappa shape index (κ2) is 16.2. The van der Waals surface area contributed by atoms with Crippen molar-refractivity contribution in [1.82, 2.24) is 5.32 Å². The van der Waals surface area contributed by atoms with Crippen molar-refractivity contribution in [2.45, 2.75) is 20.1 Å². The highest BCUT2D eigenvalue weighted by Gasteiger charge is 1.91. The van der Waals surface area contributed by atoms with Crippen LogP contribution in [0.25, 0.3) is 0 Å². The van der Waals surface area contributed by atoms with Gasteiger partial charge in [-0.1, -0.05) is 0 Å². The fourth-order valence-corrected chi connectivity index (χ4v) is 0.333. The molecule has 0 amide bonds. The Balaban J connectivity index is -0.000000179. The monoisotopic (exact) mass is 240 g/mol. The van der Waals surface area contributed by atoms with Gasteiger partial charge in [-0.2, -0.15) is 0 Å². The lowest BCUT2D eigenvalue weighted by Crippen LogP contribution is -2.30. The molecule has 0 radical (unpaired) electrons. The molecule has 0 aromatic carbocycles. The van der Waals surface area contributed by atoms with Gasteiger partial charge in [0.15, 0.2) is 6.29 Å². The van der Waals surface area contributed by atoms with Crippen LogP contribution in [0.4, 0.5) is 0 Å². The van der Waals surface area contributed by atoms with Crippen LogP contribution < -0.4 is 11.1 Å². The number of carbonyl (C=O) groups is 2. The van der Waals surface area contributed by atoms with E-state index >= 15 is 0 Å². The van der Waals surface area contributed by atoms with E-state index in [2.05, 4.69) is 5.32 Å². The molecular weight excluding hydrogens is 220 g/mol. The molecule has 0 heterocycles. The largest absolute Gasteiger partial charge is 0.481 e. The van der Waals surface area contributed by atoms with E-state index in [-0.39, 0.29) is 6.54 Å². The quantitative estimate of drug-likeness (QED) is 0.244. The van der Waals surface area contributed by atoms with Crippen LogP contribution in [-0.2, 0) is 9.59 Å². The summed E-state index contributed by atoms with van der Waals surface area (Å²) in [7, 11) is 0. The Morgan fingerprint density at radius 3 is 1.69 bits per heavy atom. The molecule has 0 saturated heterocycles. The topological polar surface area (TPSA) is 153 Å². The maximum Gasteiger partial charge on any atom is 0.300 e. The number of aliphatic carboxylic acids is 2. The zero-order valence-electron chi connectivity index (χ0n) is 9.38. The van der Waals surface area contributed by atoms with Gasteiger partial charge in [0, 0.05) is 33.5 Å². The summed E-state index contributed by atoms with van der Waals surface area (Å²) in [6.07, 6.45) is -1.26. The van der Waals surface area contributed by atoms with Gasteiger partial charge >= 0.3 is 0 Å². The first-order chi connectivity index (χ1) is 7.23. The molecule has 8 heteroatoms. The fraction of sp³-hybridized carbons (Fsp3) is 0.750. The first kappa shape index (κ1) is 20.2. The number of nitrogens with one attached hydrogen (secondary N) is 1. The van der Waals surface area contributed by atoms with Crippen LogP contribution >= 0.6 is 0 Å². The summed E-state index contributed by atoms with van der Waals surface area (Å²) in [4.78, 5) is 18.0. The molecule has 0 rings (SSSR count). The zero-order valence-corrected chi connectivity index (χ0v) is 9.38. The van der Waals surface area contributed by atoms with Gasteiger partial charge in [0.25, 0.3) is 11.9 Å². The van der Waals surface area contributed by atoms with Crippen LogP contribution in [0, 0.1) is 0 Å². The third-order valence-electron chi connectivity index (χ3n) is 0.648. The maximum atomic E-state index is 9.00. The van der Waals surface area contributed by atoms with Crippen molar-refractivity contribution in [3.05, 3.63) is 0 Å². The number of hydrogen-bond acceptors (Lipinski definition) is 6. The van der Waals surface area contributed by atoms with Gasteiger partial charge in [0.2, 0.25) is 0 Å². The summed E-state index contributed by atoms with van der Waals surface area (Å²) in [5.74, 6) is -1.67. The first-order valence-corrected chi connectivity index (χ1v) is 4.40. The average Bonchev–Trinajstić information content (AvgIpc) is 2.01. The standard InChI is InChI=1S/C4H12N2O2.2C2H4O2/c5-1-2-6-3-4(7)8;2*1-2(3)4/h4,6-8H,1-3,5H2;2*1H3,(H,3,4). The number of nitrogens with two attached hydrogens (primary N) is 1. The molecule has 0 fully saturated rings. The minimum Gasteiger partial charge on any atom is -0.481 e. The van der Waals surface area contributed by atoms with Crippen molar-refractivity contribution in [2.24, 2.45) is 5.73 Å². The molecule has 16 heavy (non-hydrogen) atoms. The second-order valence-corrected chi connectivity index (χ2v) is 2.51. The Hall–Kier alpha value is -1.22. The Kier molecular flexibility index (Phi) is 20.5. The molecule has 0 unspecified atom stereocenters. The van der Waals surface area contributed by atoms with Gasteiger partial charge in [0.1, 0.15) is 0 Å². The van der Waals surface area contributed by atoms with Crippen LogP contribution in [0.1, 0.15) is 13.8 Å². The van der Waals surface area contributed by atoms with E-state index in [1.165, 1.54) is 0 Å². The molecule has 0 aliphatic heterocycles. The van der Waals surface area contributed by atoms with Crippen LogP contribution in [0.3, 0.4) is 0 Å². The highest BCUT2D eigenvalue weighted by molar-refractivity contribution is 5.63. The smallest absolute Gasteiger partial charge is 0.300 e. The molecule has 0 bridgehead atoms. The Bertz CT molecular complexity index is 154. The van der Waals surface area contributed by atoms with E-state index in [1.54, 1.807) is 0 Å². The van der Waals surface area contributed by atoms with E-state index in [0.29, 0.717) is 13.1 Å². The lowest BCUT2D eigenvalue weighted by Gasteiger charge is -2.02. The molecule has 0 spiro atoms. The van der Waals surface area contributed by atoms with Crippen LogP contribution in [0.5, 0.6) is 0 Å². The predicted molar refractivity (Wildman–Crippen MR) is 56.8 cm³/mol. The van der Waals surface area contributed by atoms with Crippen molar-refractivity contribution in [1.29, 1.82) is 0 Å². The molecule has 0 aliphatic carbocycles. The maximum absolute atomic E-state index is 9.00. The van der Waals surface area contributed by atoms with E-state index in [0.717, 1.165) is 13.8 Å². The summed E-state index contributed by atoms with van der Waals surface area (Å²) >= 11 is 0. The van der Waals surface area contributed by atoms with Crippen LogP contribution in [-0.4, -0.2) is 58.3 Å². The number of aliphatic hydroxyl groups is 2. The molecule has 0 aromatic rings. The van der Waals surface area contributed by atoms with E-state index in [9.17, 15) is 0 Å². The number of carboxylic acids is 2. The first-order valence-electron chi connectivity index (χ1n) is 4.40. The molecule has 0 aromatic heterocycles. The third kappa shape index (κ3) is 124. The summed E-state index contributed by atoms with van der Waals surface area (Å²) in [6, 6.07) is 0. The zero-order chi connectivity index (χ0) is 13.6.